The number of nitrogens with one attached hydrogen (secondary N) is 2. The molecule has 0 saturated heterocycles. The first-order chi connectivity index (χ1) is 8.80. The quantitative estimate of drug-likeness (QED) is 0.578. The summed E-state index contributed by atoms with van der Waals surface area (Å²) in [6.45, 7) is -0.499. The number of carboxylic acids is 1. The van der Waals surface area contributed by atoms with Crippen molar-refractivity contribution in [2.45, 2.75) is 37.9 Å². The first kappa shape index (κ1) is 15.7. The lowest BCUT2D eigenvalue weighted by Gasteiger charge is -2.16. The van der Waals surface area contributed by atoms with E-state index >= 15 is 0 Å². The highest BCUT2D eigenvalue weighted by molar-refractivity contribution is 5.76. The van der Waals surface area contributed by atoms with Gasteiger partial charge in [0.05, 0.1) is 0 Å². The molecule has 0 radical (unpaired) electrons. The van der Waals surface area contributed by atoms with Gasteiger partial charge in [-0.3, -0.25) is 9.59 Å². The topological polar surface area (TPSA) is 78.4 Å². The predicted molar refractivity (Wildman–Crippen MR) is 60.4 cm³/mol. The van der Waals surface area contributed by atoms with Crippen molar-refractivity contribution in [3.05, 3.63) is 0 Å². The maximum atomic E-state index is 12.3. The zero-order valence-corrected chi connectivity index (χ0v) is 10.3. The summed E-state index contributed by atoms with van der Waals surface area (Å²) in [6.07, 6.45) is -2.19. The molecule has 0 aromatic heterocycles. The maximum absolute atomic E-state index is 12.3. The van der Waals surface area contributed by atoms with Gasteiger partial charge in [0.1, 0.15) is 0 Å². The fraction of sp³-hybridized carbons (Fsp3) is 0.818. The Hall–Kier alpha value is -1.31. The summed E-state index contributed by atoms with van der Waals surface area (Å²) < 4.78 is 36.8. The number of hydrogen-bond acceptors (Lipinski definition) is 3. The van der Waals surface area contributed by atoms with Gasteiger partial charge in [-0.05, 0) is 25.8 Å². The Bertz CT molecular complexity index is 330. The summed E-state index contributed by atoms with van der Waals surface area (Å²) in [5.74, 6) is -4.42. The van der Waals surface area contributed by atoms with Crippen LogP contribution in [0, 0.1) is 5.92 Å². The fourth-order valence-corrected chi connectivity index (χ4v) is 1.49. The van der Waals surface area contributed by atoms with E-state index in [2.05, 4.69) is 10.6 Å². The van der Waals surface area contributed by atoms with Gasteiger partial charge in [0.15, 0.2) is 5.92 Å². The Balaban J connectivity index is 2.11. The molecule has 1 unspecified atom stereocenters. The Morgan fingerprint density at radius 1 is 1.32 bits per heavy atom. The molecule has 5 nitrogen and oxygen atoms in total. The van der Waals surface area contributed by atoms with Crippen LogP contribution >= 0.6 is 0 Å². The second-order valence-electron chi connectivity index (χ2n) is 4.58. The highest BCUT2D eigenvalue weighted by Crippen LogP contribution is 2.25. The average Bonchev–Trinajstić information content (AvgIpc) is 3.04. The molecule has 3 N–H and O–H groups in total. The highest BCUT2D eigenvalue weighted by atomic mass is 19.4. The van der Waals surface area contributed by atoms with Crippen molar-refractivity contribution in [3.8, 4) is 0 Å². The third-order valence-electron chi connectivity index (χ3n) is 2.74. The lowest BCUT2D eigenvalue weighted by molar-refractivity contribution is -0.192. The number of carbonyl (C=O) groups is 2. The van der Waals surface area contributed by atoms with E-state index in [1.54, 1.807) is 0 Å². The van der Waals surface area contributed by atoms with Crippen molar-refractivity contribution in [3.63, 3.8) is 0 Å². The van der Waals surface area contributed by atoms with Crippen LogP contribution in [0.1, 0.15) is 25.7 Å². The summed E-state index contributed by atoms with van der Waals surface area (Å²) in [5.41, 5.74) is 0. The van der Waals surface area contributed by atoms with Gasteiger partial charge in [-0.2, -0.15) is 13.2 Å². The van der Waals surface area contributed by atoms with Crippen molar-refractivity contribution < 1.29 is 27.9 Å². The molecule has 0 heterocycles. The minimum absolute atomic E-state index is 0.116. The lowest BCUT2D eigenvalue weighted by Crippen LogP contribution is -2.39. The molecule has 1 atom stereocenters. The molecule has 1 aliphatic carbocycles. The first-order valence-electron chi connectivity index (χ1n) is 6.10. The van der Waals surface area contributed by atoms with Gasteiger partial charge in [0.25, 0.3) is 0 Å². The Morgan fingerprint density at radius 2 is 1.95 bits per heavy atom. The molecular formula is C11H17F3N2O3. The predicted octanol–water partition coefficient (Wildman–Crippen LogP) is 0.898. The zero-order valence-electron chi connectivity index (χ0n) is 10.3. The summed E-state index contributed by atoms with van der Waals surface area (Å²) in [5, 5.41) is 13.6. The van der Waals surface area contributed by atoms with Crippen LogP contribution in [0.2, 0.25) is 0 Å². The molecule has 0 aromatic rings. The number of carboxylic acid groups (broad SMARTS) is 1. The van der Waals surface area contributed by atoms with Crippen LogP contribution in [0.5, 0.6) is 0 Å². The van der Waals surface area contributed by atoms with Crippen LogP contribution in [0.4, 0.5) is 13.2 Å². The van der Waals surface area contributed by atoms with Gasteiger partial charge in [-0.1, -0.05) is 0 Å². The molecule has 1 fully saturated rings. The number of rotatable bonds is 8. The summed E-state index contributed by atoms with van der Waals surface area (Å²) in [4.78, 5) is 21.7. The number of alkyl halides is 3. The van der Waals surface area contributed by atoms with E-state index in [9.17, 15) is 22.8 Å². The first-order valence-corrected chi connectivity index (χ1v) is 6.10. The number of aliphatic carboxylic acids is 1. The summed E-state index contributed by atoms with van der Waals surface area (Å²) in [6, 6.07) is 0.266. The summed E-state index contributed by atoms with van der Waals surface area (Å²) in [7, 11) is 0. The molecule has 0 aromatic carbocycles. The van der Waals surface area contributed by atoms with Gasteiger partial charge in [-0.25, -0.2) is 0 Å². The van der Waals surface area contributed by atoms with E-state index in [0.29, 0.717) is 6.42 Å². The number of amides is 1. The molecular weight excluding hydrogens is 265 g/mol. The Kier molecular flexibility index (Phi) is 5.59. The molecule has 1 aliphatic rings. The molecule has 1 amide bonds. The van der Waals surface area contributed by atoms with Crippen LogP contribution in [0.15, 0.2) is 0 Å². The maximum Gasteiger partial charge on any atom is 0.403 e. The van der Waals surface area contributed by atoms with Gasteiger partial charge in [-0.15, -0.1) is 0 Å². The molecule has 0 bridgehead atoms. The molecule has 0 aliphatic heterocycles. The molecule has 19 heavy (non-hydrogen) atoms. The minimum Gasteiger partial charge on any atom is -0.481 e. The van der Waals surface area contributed by atoms with Gasteiger partial charge >= 0.3 is 12.1 Å². The van der Waals surface area contributed by atoms with Crippen LogP contribution in [0.25, 0.3) is 0 Å². The number of hydrogen-bond donors (Lipinski definition) is 3. The monoisotopic (exact) mass is 282 g/mol. The van der Waals surface area contributed by atoms with Crippen molar-refractivity contribution in [2.75, 3.05) is 13.1 Å². The number of carbonyl (C=O) groups excluding carboxylic acids is 1. The molecule has 0 spiro atoms. The highest BCUT2D eigenvalue weighted by Gasteiger charge is 2.44. The average molecular weight is 282 g/mol. The van der Waals surface area contributed by atoms with E-state index in [1.807, 2.05) is 0 Å². The largest absolute Gasteiger partial charge is 0.481 e. The van der Waals surface area contributed by atoms with Crippen molar-refractivity contribution >= 4 is 11.9 Å². The Morgan fingerprint density at radius 3 is 2.42 bits per heavy atom. The van der Waals surface area contributed by atoms with Crippen LogP contribution in [-0.2, 0) is 9.59 Å². The van der Waals surface area contributed by atoms with E-state index in [0.717, 1.165) is 12.8 Å². The molecule has 110 valence electrons. The smallest absolute Gasteiger partial charge is 0.403 e. The SMILES string of the molecule is O=C(CCCNCC(C(=O)O)C(F)(F)F)NC1CC1. The van der Waals surface area contributed by atoms with Crippen molar-refractivity contribution in [1.29, 1.82) is 0 Å². The molecule has 1 saturated carbocycles. The second-order valence-corrected chi connectivity index (χ2v) is 4.58. The van der Waals surface area contributed by atoms with E-state index < -0.39 is 24.6 Å². The number of halogens is 3. The van der Waals surface area contributed by atoms with Crippen LogP contribution in [-0.4, -0.2) is 42.3 Å². The summed E-state index contributed by atoms with van der Waals surface area (Å²) >= 11 is 0. The zero-order chi connectivity index (χ0) is 14.5. The van der Waals surface area contributed by atoms with Gasteiger partial charge in [0, 0.05) is 19.0 Å². The third kappa shape index (κ3) is 6.42. The van der Waals surface area contributed by atoms with E-state index in [1.165, 1.54) is 0 Å². The Labute approximate surface area is 108 Å². The third-order valence-corrected chi connectivity index (χ3v) is 2.74. The standard InChI is InChI=1S/C11H17F3N2O3/c12-11(13,14)8(10(18)19)6-15-5-1-2-9(17)16-7-3-4-7/h7-8,15H,1-6H2,(H,16,17)(H,18,19). The van der Waals surface area contributed by atoms with Crippen molar-refractivity contribution in [1.82, 2.24) is 10.6 Å². The van der Waals surface area contributed by atoms with Crippen LogP contribution in [0.3, 0.4) is 0 Å². The minimum atomic E-state index is -4.76. The van der Waals surface area contributed by atoms with E-state index in [-0.39, 0.29) is 24.9 Å². The second kappa shape index (κ2) is 6.74. The van der Waals surface area contributed by atoms with Crippen LogP contribution < -0.4 is 10.6 Å². The van der Waals surface area contributed by atoms with Gasteiger partial charge in [0.2, 0.25) is 5.91 Å². The van der Waals surface area contributed by atoms with Crippen molar-refractivity contribution in [2.24, 2.45) is 5.92 Å². The van der Waals surface area contributed by atoms with Gasteiger partial charge < -0.3 is 15.7 Å². The molecule has 1 rings (SSSR count). The lowest BCUT2D eigenvalue weighted by atomic mass is 10.1. The fourth-order valence-electron chi connectivity index (χ4n) is 1.49. The molecule has 8 heteroatoms. The van der Waals surface area contributed by atoms with E-state index in [4.69, 9.17) is 5.11 Å². The normalized spacial score (nSPS) is 17.0.